The summed E-state index contributed by atoms with van der Waals surface area (Å²) in [6.45, 7) is 4.73. The van der Waals surface area contributed by atoms with Crippen LogP contribution in [0.15, 0.2) is 10.5 Å². The third-order valence-electron chi connectivity index (χ3n) is 1.49. The maximum absolute atomic E-state index is 12.0. The van der Waals surface area contributed by atoms with E-state index in [4.69, 9.17) is 20.6 Å². The van der Waals surface area contributed by atoms with Gasteiger partial charge in [0.1, 0.15) is 4.77 Å². The van der Waals surface area contributed by atoms with E-state index < -0.39 is 24.1 Å². The van der Waals surface area contributed by atoms with E-state index in [9.17, 15) is 14.5 Å². The first-order valence-corrected chi connectivity index (χ1v) is 6.98. The normalized spacial score (nSPS) is 13.2. The molecule has 0 fully saturated rings. The minimum absolute atomic E-state index is 0.0162. The molecule has 100 valence electrons. The summed E-state index contributed by atoms with van der Waals surface area (Å²) in [5.41, 5.74) is 0. The quantitative estimate of drug-likeness (QED) is 0.305. The van der Waals surface area contributed by atoms with Gasteiger partial charge in [-0.2, -0.15) is 0 Å². The van der Waals surface area contributed by atoms with E-state index in [1.165, 1.54) is 6.92 Å². The zero-order valence-corrected chi connectivity index (χ0v) is 11.5. The Balaban J connectivity index is 5.17. The van der Waals surface area contributed by atoms with Crippen LogP contribution in [0, 0.1) is 0 Å². The molecule has 0 aliphatic carbocycles. The van der Waals surface area contributed by atoms with Crippen LogP contribution in [-0.2, 0) is 23.1 Å². The monoisotopic (exact) mass is 285 g/mol. The van der Waals surface area contributed by atoms with E-state index in [2.05, 4.69) is 4.74 Å². The first-order valence-electron chi connectivity index (χ1n) is 5.06. The number of carbonyl (C=O) groups excluding carboxylic acids is 1. The van der Waals surface area contributed by atoms with Crippen molar-refractivity contribution in [2.45, 2.75) is 20.8 Å². The zero-order chi connectivity index (χ0) is 13.5. The molecule has 0 atom stereocenters. The molecule has 0 radical (unpaired) electrons. The lowest BCUT2D eigenvalue weighted by Crippen LogP contribution is -2.20. The predicted molar refractivity (Wildman–Crippen MR) is 60.4 cm³/mol. The summed E-state index contributed by atoms with van der Waals surface area (Å²) in [5, 5.41) is 11.5. The van der Waals surface area contributed by atoms with Crippen LogP contribution in [0.4, 0.5) is 0 Å². The van der Waals surface area contributed by atoms with Gasteiger partial charge in [0.2, 0.25) is 0 Å². The van der Waals surface area contributed by atoms with Gasteiger partial charge in [0.25, 0.3) is 0 Å². The molecule has 0 aromatic carbocycles. The maximum atomic E-state index is 12.0. The van der Waals surface area contributed by atoms with Crippen molar-refractivity contribution in [2.75, 3.05) is 19.8 Å². The Kier molecular flexibility index (Phi) is 7.46. The van der Waals surface area contributed by atoms with Crippen molar-refractivity contribution in [3.8, 4) is 0 Å². The van der Waals surface area contributed by atoms with Gasteiger partial charge in [0.15, 0.2) is 0 Å². The number of carbonyl (C=O) groups is 1. The molecule has 6 nitrogen and oxygen atoms in total. The summed E-state index contributed by atoms with van der Waals surface area (Å²) in [6.07, 6.45) is 0. The fourth-order valence-electron chi connectivity index (χ4n) is 0.896. The summed E-state index contributed by atoms with van der Waals surface area (Å²) < 4.78 is 25.3. The Hall–Kier alpha value is -0.550. The van der Waals surface area contributed by atoms with Gasteiger partial charge in [0.05, 0.1) is 19.8 Å². The molecule has 0 aliphatic heterocycles. The predicted octanol–water partition coefficient (Wildman–Crippen LogP) is 1.58. The average molecular weight is 286 g/mol. The lowest BCUT2D eigenvalue weighted by Gasteiger charge is -2.20. The molecule has 0 N–H and O–H groups in total. The molecule has 0 aliphatic rings. The number of rotatable bonds is 7. The van der Waals surface area contributed by atoms with Crippen LogP contribution in [0.1, 0.15) is 20.8 Å². The molecule has 0 saturated carbocycles. The van der Waals surface area contributed by atoms with Crippen LogP contribution in [0.25, 0.3) is 0 Å². The van der Waals surface area contributed by atoms with Crippen LogP contribution in [0.2, 0.25) is 0 Å². The first kappa shape index (κ1) is 16.4. The van der Waals surface area contributed by atoms with E-state index in [1.807, 2.05) is 0 Å². The number of esters is 1. The molecule has 17 heavy (non-hydrogen) atoms. The molecular formula is C9H15ClO6P-. The molecule has 0 spiro atoms. The molecule has 0 unspecified atom stereocenters. The van der Waals surface area contributed by atoms with Gasteiger partial charge in [-0.15, -0.1) is 0 Å². The lowest BCUT2D eigenvalue weighted by molar-refractivity contribution is -0.303. The molecule has 0 heterocycles. The maximum Gasteiger partial charge on any atom is 0.372 e. The van der Waals surface area contributed by atoms with Crippen LogP contribution in [0.3, 0.4) is 0 Å². The smallest absolute Gasteiger partial charge is 0.372 e. The molecule has 0 saturated heterocycles. The Morgan fingerprint density at radius 3 is 2.00 bits per heavy atom. The Bertz CT molecular complexity index is 330. The molecule has 0 rings (SSSR count). The van der Waals surface area contributed by atoms with Gasteiger partial charge in [-0.05, 0) is 20.8 Å². The van der Waals surface area contributed by atoms with E-state index in [0.29, 0.717) is 0 Å². The third-order valence-corrected chi connectivity index (χ3v) is 4.16. The van der Waals surface area contributed by atoms with Crippen molar-refractivity contribution in [3.63, 3.8) is 0 Å². The molecule has 0 aromatic rings. The van der Waals surface area contributed by atoms with Crippen molar-refractivity contribution < 1.29 is 28.3 Å². The fraction of sp³-hybridized carbons (Fsp3) is 0.667. The Labute approximate surface area is 105 Å². The summed E-state index contributed by atoms with van der Waals surface area (Å²) in [7, 11) is -3.91. The van der Waals surface area contributed by atoms with Gasteiger partial charge in [0, 0.05) is 5.76 Å². The van der Waals surface area contributed by atoms with Crippen molar-refractivity contribution in [2.24, 2.45) is 0 Å². The van der Waals surface area contributed by atoms with Crippen molar-refractivity contribution in [1.29, 1.82) is 0 Å². The molecule has 0 bridgehead atoms. The zero-order valence-electron chi connectivity index (χ0n) is 9.90. The number of hydrogen-bond acceptors (Lipinski definition) is 6. The Morgan fingerprint density at radius 1 is 1.18 bits per heavy atom. The number of ether oxygens (including phenoxy) is 1. The topological polar surface area (TPSA) is 84.9 Å². The number of halogens is 1. The molecular weight excluding hydrogens is 271 g/mol. The van der Waals surface area contributed by atoms with Gasteiger partial charge in [-0.25, -0.2) is 4.79 Å². The Morgan fingerprint density at radius 2 is 1.65 bits per heavy atom. The lowest BCUT2D eigenvalue weighted by atomic mass is 10.6. The highest BCUT2D eigenvalue weighted by Crippen LogP contribution is 2.58. The van der Waals surface area contributed by atoms with E-state index >= 15 is 0 Å². The minimum Gasteiger partial charge on any atom is -0.866 e. The largest absolute Gasteiger partial charge is 0.866 e. The number of hydrogen-bond donors (Lipinski definition) is 0. The van der Waals surface area contributed by atoms with E-state index in [1.54, 1.807) is 13.8 Å². The second-order valence-electron chi connectivity index (χ2n) is 2.67. The van der Waals surface area contributed by atoms with Crippen LogP contribution in [-0.4, -0.2) is 25.8 Å². The molecule has 0 amide bonds. The average Bonchev–Trinajstić information content (AvgIpc) is 2.28. The van der Waals surface area contributed by atoms with Gasteiger partial charge in [-0.1, -0.05) is 11.6 Å². The summed E-state index contributed by atoms with van der Waals surface area (Å²) in [5.74, 6) is -2.39. The van der Waals surface area contributed by atoms with E-state index in [-0.39, 0.29) is 19.8 Å². The molecule has 0 aromatic heterocycles. The van der Waals surface area contributed by atoms with Crippen molar-refractivity contribution in [1.82, 2.24) is 0 Å². The minimum atomic E-state index is -3.91. The van der Waals surface area contributed by atoms with Crippen molar-refractivity contribution in [3.05, 3.63) is 10.5 Å². The summed E-state index contributed by atoms with van der Waals surface area (Å²) in [6, 6.07) is 0. The van der Waals surface area contributed by atoms with Gasteiger partial charge in [-0.3, -0.25) is 4.57 Å². The molecule has 8 heteroatoms. The highest BCUT2D eigenvalue weighted by Gasteiger charge is 2.30. The van der Waals surface area contributed by atoms with Crippen LogP contribution < -0.4 is 5.11 Å². The fourth-order valence-corrected chi connectivity index (χ4v) is 2.59. The second kappa shape index (κ2) is 7.71. The van der Waals surface area contributed by atoms with Gasteiger partial charge < -0.3 is 18.9 Å². The van der Waals surface area contributed by atoms with E-state index in [0.717, 1.165) is 0 Å². The standard InChI is InChI=1S/C9H16ClO6P/c1-4-14-9(12)7(11)8(10)17(13,15-5-2)16-6-3/h11H,4-6H2,1-3H3/p-1/b8-7-. The first-order chi connectivity index (χ1) is 7.92. The van der Waals surface area contributed by atoms with Crippen molar-refractivity contribution >= 4 is 25.2 Å². The SMILES string of the molecule is CCOC(=O)/C([O-])=C(\Cl)P(=O)(OCC)OCC. The summed E-state index contributed by atoms with van der Waals surface area (Å²) >= 11 is 5.58. The van der Waals surface area contributed by atoms with Crippen LogP contribution >= 0.6 is 19.2 Å². The highest BCUT2D eigenvalue weighted by atomic mass is 35.5. The highest BCUT2D eigenvalue weighted by molar-refractivity contribution is 7.61. The van der Waals surface area contributed by atoms with Crippen LogP contribution in [0.5, 0.6) is 0 Å². The third kappa shape index (κ3) is 4.68. The van der Waals surface area contributed by atoms with Gasteiger partial charge >= 0.3 is 13.6 Å². The second-order valence-corrected chi connectivity index (χ2v) is 5.27. The summed E-state index contributed by atoms with van der Waals surface area (Å²) in [4.78, 5) is 11.1.